The third kappa shape index (κ3) is 2.25. The van der Waals surface area contributed by atoms with Gasteiger partial charge in [-0.3, -0.25) is 9.59 Å². The topological polar surface area (TPSA) is 82.4 Å². The number of rotatable bonds is 2. The molecule has 1 heterocycles. The van der Waals surface area contributed by atoms with E-state index < -0.39 is 0 Å². The maximum absolute atomic E-state index is 11.4. The molecule has 0 saturated heterocycles. The highest BCUT2D eigenvalue weighted by molar-refractivity contribution is 5.98. The van der Waals surface area contributed by atoms with Crippen molar-refractivity contribution in [2.24, 2.45) is 0 Å². The Balaban J connectivity index is 2.21. The Labute approximate surface area is 104 Å². The number of likely N-dealkylation sites (N-methyl/N-ethyl adjacent to an activating group) is 1. The standard InChI is InChI=1S/C12H11N3O3/c1-15-9-3-2-8(14-11(16)4-5-13)6-10(9)18-7-12(15)17/h2-3,6H,4,7H2,1H3,(H,14,16). The fraction of sp³-hybridized carbons (Fsp3) is 0.250. The number of nitrogens with one attached hydrogen (secondary N) is 1. The van der Waals surface area contributed by atoms with Gasteiger partial charge in [0.25, 0.3) is 5.91 Å². The fourth-order valence-electron chi connectivity index (χ4n) is 1.63. The van der Waals surface area contributed by atoms with Gasteiger partial charge < -0.3 is 15.0 Å². The highest BCUT2D eigenvalue weighted by atomic mass is 16.5. The normalized spacial score (nSPS) is 13.3. The molecule has 1 aliphatic rings. The van der Waals surface area contributed by atoms with Crippen LogP contribution in [-0.2, 0) is 9.59 Å². The number of carbonyl (C=O) groups is 2. The fourth-order valence-corrected chi connectivity index (χ4v) is 1.63. The summed E-state index contributed by atoms with van der Waals surface area (Å²) in [6.07, 6.45) is -0.198. The first-order valence-electron chi connectivity index (χ1n) is 5.32. The van der Waals surface area contributed by atoms with Crippen LogP contribution in [0.3, 0.4) is 0 Å². The van der Waals surface area contributed by atoms with E-state index >= 15 is 0 Å². The van der Waals surface area contributed by atoms with Gasteiger partial charge >= 0.3 is 0 Å². The number of ether oxygens (including phenoxy) is 1. The third-order valence-electron chi connectivity index (χ3n) is 2.57. The third-order valence-corrected chi connectivity index (χ3v) is 2.57. The van der Waals surface area contributed by atoms with Gasteiger partial charge in [-0.2, -0.15) is 5.26 Å². The quantitative estimate of drug-likeness (QED) is 0.838. The number of fused-ring (bicyclic) bond motifs is 1. The highest BCUT2D eigenvalue weighted by Gasteiger charge is 2.22. The van der Waals surface area contributed by atoms with E-state index in [4.69, 9.17) is 10.00 Å². The van der Waals surface area contributed by atoms with Gasteiger partial charge in [0, 0.05) is 18.8 Å². The lowest BCUT2D eigenvalue weighted by Crippen LogP contribution is -2.35. The lowest BCUT2D eigenvalue weighted by molar-refractivity contribution is -0.121. The summed E-state index contributed by atoms with van der Waals surface area (Å²) < 4.78 is 5.28. The maximum atomic E-state index is 11.4. The summed E-state index contributed by atoms with van der Waals surface area (Å²) in [5, 5.41) is 11.0. The zero-order chi connectivity index (χ0) is 13.1. The molecule has 6 heteroatoms. The van der Waals surface area contributed by atoms with Gasteiger partial charge in [-0.1, -0.05) is 0 Å². The van der Waals surface area contributed by atoms with Crippen LogP contribution < -0.4 is 15.0 Å². The number of nitrogens with zero attached hydrogens (tertiary/aromatic N) is 2. The lowest BCUT2D eigenvalue weighted by atomic mass is 10.2. The van der Waals surface area contributed by atoms with Gasteiger partial charge in [0.15, 0.2) is 6.61 Å². The van der Waals surface area contributed by atoms with Crippen LogP contribution in [0, 0.1) is 11.3 Å². The van der Waals surface area contributed by atoms with Gasteiger partial charge in [0.2, 0.25) is 5.91 Å². The number of hydrogen-bond donors (Lipinski definition) is 1. The van der Waals surface area contributed by atoms with E-state index in [0.29, 0.717) is 17.1 Å². The zero-order valence-electron chi connectivity index (χ0n) is 9.77. The van der Waals surface area contributed by atoms with Crippen molar-refractivity contribution in [1.82, 2.24) is 0 Å². The van der Waals surface area contributed by atoms with Crippen molar-refractivity contribution in [3.8, 4) is 11.8 Å². The van der Waals surface area contributed by atoms with Gasteiger partial charge in [-0.25, -0.2) is 0 Å². The van der Waals surface area contributed by atoms with E-state index in [2.05, 4.69) is 5.32 Å². The van der Waals surface area contributed by atoms with Crippen molar-refractivity contribution in [2.75, 3.05) is 23.9 Å². The van der Waals surface area contributed by atoms with Gasteiger partial charge in [-0.15, -0.1) is 0 Å². The lowest BCUT2D eigenvalue weighted by Gasteiger charge is -2.26. The molecule has 0 aliphatic carbocycles. The molecule has 0 unspecified atom stereocenters. The predicted octanol–water partition coefficient (Wildman–Crippen LogP) is 0.894. The summed E-state index contributed by atoms with van der Waals surface area (Å²) in [7, 11) is 1.66. The van der Waals surface area contributed by atoms with Crippen LogP contribution in [0.4, 0.5) is 11.4 Å². The molecule has 1 aromatic rings. The molecule has 1 aromatic carbocycles. The first kappa shape index (κ1) is 11.9. The molecule has 1 aliphatic heterocycles. The molecule has 1 N–H and O–H groups in total. The van der Waals surface area contributed by atoms with E-state index in [1.54, 1.807) is 31.3 Å². The first-order valence-corrected chi connectivity index (χ1v) is 5.32. The van der Waals surface area contributed by atoms with E-state index in [1.807, 2.05) is 0 Å². The van der Waals surface area contributed by atoms with Gasteiger partial charge in [0.05, 0.1) is 11.8 Å². The Morgan fingerprint density at radius 2 is 2.39 bits per heavy atom. The van der Waals surface area contributed by atoms with Crippen molar-refractivity contribution in [1.29, 1.82) is 5.26 Å². The number of amides is 2. The largest absolute Gasteiger partial charge is 0.481 e. The first-order chi connectivity index (χ1) is 8.61. The summed E-state index contributed by atoms with van der Waals surface area (Å²) in [4.78, 5) is 24.2. The van der Waals surface area contributed by atoms with Crippen LogP contribution in [0.2, 0.25) is 0 Å². The molecule has 18 heavy (non-hydrogen) atoms. The summed E-state index contributed by atoms with van der Waals surface area (Å²) in [6, 6.07) is 6.75. The number of anilines is 2. The van der Waals surface area contributed by atoms with Crippen molar-refractivity contribution in [3.63, 3.8) is 0 Å². The minimum Gasteiger partial charge on any atom is -0.481 e. The Morgan fingerprint density at radius 3 is 3.11 bits per heavy atom. The SMILES string of the molecule is CN1C(=O)COc2cc(NC(=O)CC#N)ccc21. The molecule has 92 valence electrons. The molecule has 2 rings (SSSR count). The number of nitriles is 1. The second-order valence-electron chi connectivity index (χ2n) is 3.81. The molecular formula is C12H11N3O3. The number of carbonyl (C=O) groups excluding carboxylic acids is 2. The summed E-state index contributed by atoms with van der Waals surface area (Å²) in [5.41, 5.74) is 1.20. The minimum absolute atomic E-state index is 0.0148. The van der Waals surface area contributed by atoms with Gasteiger partial charge in [0.1, 0.15) is 12.2 Å². The average Bonchev–Trinajstić information content (AvgIpc) is 2.34. The van der Waals surface area contributed by atoms with Gasteiger partial charge in [-0.05, 0) is 12.1 Å². The van der Waals surface area contributed by atoms with Crippen LogP contribution in [0.15, 0.2) is 18.2 Å². The van der Waals surface area contributed by atoms with Crippen molar-refractivity contribution < 1.29 is 14.3 Å². The monoisotopic (exact) mass is 245 g/mol. The van der Waals surface area contributed by atoms with E-state index in [-0.39, 0.29) is 24.8 Å². The van der Waals surface area contributed by atoms with Crippen LogP contribution >= 0.6 is 0 Å². The Bertz CT molecular complexity index is 548. The number of benzene rings is 1. The second-order valence-corrected chi connectivity index (χ2v) is 3.81. The maximum Gasteiger partial charge on any atom is 0.264 e. The predicted molar refractivity (Wildman–Crippen MR) is 64.2 cm³/mol. The van der Waals surface area contributed by atoms with Crippen LogP contribution in [0.1, 0.15) is 6.42 Å². The van der Waals surface area contributed by atoms with E-state index in [0.717, 1.165) is 0 Å². The Morgan fingerprint density at radius 1 is 1.61 bits per heavy atom. The summed E-state index contributed by atoms with van der Waals surface area (Å²) in [6.45, 7) is -0.0148. The molecule has 0 spiro atoms. The van der Waals surface area contributed by atoms with Crippen LogP contribution in [0.25, 0.3) is 0 Å². The molecular weight excluding hydrogens is 234 g/mol. The second kappa shape index (κ2) is 4.75. The van der Waals surface area contributed by atoms with E-state index in [9.17, 15) is 9.59 Å². The molecule has 0 bridgehead atoms. The molecule has 0 saturated carbocycles. The smallest absolute Gasteiger partial charge is 0.264 e. The Kier molecular flexibility index (Phi) is 3.15. The van der Waals surface area contributed by atoms with E-state index in [1.165, 1.54) is 4.90 Å². The summed E-state index contributed by atoms with van der Waals surface area (Å²) >= 11 is 0. The Hall–Kier alpha value is -2.55. The van der Waals surface area contributed by atoms with Crippen LogP contribution in [-0.4, -0.2) is 25.5 Å². The van der Waals surface area contributed by atoms with Crippen molar-refractivity contribution in [2.45, 2.75) is 6.42 Å². The molecule has 6 nitrogen and oxygen atoms in total. The van der Waals surface area contributed by atoms with Crippen molar-refractivity contribution >= 4 is 23.2 Å². The molecule has 2 amide bonds. The minimum atomic E-state index is -0.377. The van der Waals surface area contributed by atoms with Crippen molar-refractivity contribution in [3.05, 3.63) is 18.2 Å². The highest BCUT2D eigenvalue weighted by Crippen LogP contribution is 2.33. The van der Waals surface area contributed by atoms with Crippen LogP contribution in [0.5, 0.6) is 5.75 Å². The molecule has 0 atom stereocenters. The average molecular weight is 245 g/mol. The molecule has 0 aromatic heterocycles. The molecule has 0 radical (unpaired) electrons. The summed E-state index contributed by atoms with van der Waals surface area (Å²) in [5.74, 6) is 0.0355. The number of hydrogen-bond acceptors (Lipinski definition) is 4. The molecule has 0 fully saturated rings. The zero-order valence-corrected chi connectivity index (χ0v) is 9.77.